The second-order valence-corrected chi connectivity index (χ2v) is 4.43. The standard InChI is InChI=1S/C16H19NO/c1-12-4-9-16(18-3)15(10-12)14-7-5-13(6-8-14)11-17-2/h4-10,17H,11H2,1-3H3. The van der Waals surface area contributed by atoms with Crippen molar-refractivity contribution in [3.63, 3.8) is 0 Å². The third kappa shape index (κ3) is 2.71. The largest absolute Gasteiger partial charge is 0.496 e. The van der Waals surface area contributed by atoms with Crippen LogP contribution in [0.3, 0.4) is 0 Å². The summed E-state index contributed by atoms with van der Waals surface area (Å²) in [4.78, 5) is 0. The zero-order valence-electron chi connectivity index (χ0n) is 11.2. The number of nitrogens with one attached hydrogen (secondary N) is 1. The lowest BCUT2D eigenvalue weighted by Crippen LogP contribution is -2.04. The lowest BCUT2D eigenvalue weighted by molar-refractivity contribution is 0.416. The van der Waals surface area contributed by atoms with E-state index in [-0.39, 0.29) is 0 Å². The van der Waals surface area contributed by atoms with Crippen molar-refractivity contribution in [3.05, 3.63) is 53.6 Å². The molecule has 18 heavy (non-hydrogen) atoms. The maximum Gasteiger partial charge on any atom is 0.126 e. The molecule has 2 aromatic rings. The highest BCUT2D eigenvalue weighted by Crippen LogP contribution is 2.30. The van der Waals surface area contributed by atoms with Crippen LogP contribution in [-0.2, 0) is 6.54 Å². The van der Waals surface area contributed by atoms with Crippen molar-refractivity contribution in [1.29, 1.82) is 0 Å². The molecule has 0 unspecified atom stereocenters. The van der Waals surface area contributed by atoms with E-state index < -0.39 is 0 Å². The monoisotopic (exact) mass is 241 g/mol. The lowest BCUT2D eigenvalue weighted by atomic mass is 10.0. The van der Waals surface area contributed by atoms with Gasteiger partial charge in [-0.2, -0.15) is 0 Å². The molecule has 0 fully saturated rings. The average Bonchev–Trinajstić information content (AvgIpc) is 2.40. The Kier molecular flexibility index (Phi) is 4.00. The maximum absolute atomic E-state index is 5.42. The Morgan fingerprint density at radius 2 is 1.78 bits per heavy atom. The SMILES string of the molecule is CNCc1ccc(-c2cc(C)ccc2OC)cc1. The normalized spacial score (nSPS) is 10.4. The fourth-order valence-electron chi connectivity index (χ4n) is 2.05. The molecule has 94 valence electrons. The van der Waals surface area contributed by atoms with Crippen LogP contribution in [0, 0.1) is 6.92 Å². The zero-order chi connectivity index (χ0) is 13.0. The first-order valence-electron chi connectivity index (χ1n) is 6.13. The van der Waals surface area contributed by atoms with E-state index in [0.29, 0.717) is 0 Å². The Bertz CT molecular complexity index is 517. The fourth-order valence-corrected chi connectivity index (χ4v) is 2.05. The third-order valence-electron chi connectivity index (χ3n) is 3.00. The van der Waals surface area contributed by atoms with E-state index in [0.717, 1.165) is 17.9 Å². The summed E-state index contributed by atoms with van der Waals surface area (Å²) in [5.41, 5.74) is 4.86. The average molecular weight is 241 g/mol. The summed E-state index contributed by atoms with van der Waals surface area (Å²) in [6, 6.07) is 14.8. The summed E-state index contributed by atoms with van der Waals surface area (Å²) in [5, 5.41) is 3.15. The van der Waals surface area contributed by atoms with Crippen LogP contribution in [0.2, 0.25) is 0 Å². The quantitative estimate of drug-likeness (QED) is 0.886. The van der Waals surface area contributed by atoms with Crippen molar-refractivity contribution in [3.8, 4) is 16.9 Å². The number of benzene rings is 2. The Morgan fingerprint density at radius 1 is 1.06 bits per heavy atom. The lowest BCUT2D eigenvalue weighted by Gasteiger charge is -2.10. The highest BCUT2D eigenvalue weighted by Gasteiger charge is 2.05. The van der Waals surface area contributed by atoms with E-state index in [1.54, 1.807) is 7.11 Å². The molecule has 0 aliphatic rings. The molecule has 0 saturated heterocycles. The minimum atomic E-state index is 0.894. The summed E-state index contributed by atoms with van der Waals surface area (Å²) in [5.74, 6) is 0.918. The fraction of sp³-hybridized carbons (Fsp3) is 0.250. The molecule has 2 heteroatoms. The van der Waals surface area contributed by atoms with Gasteiger partial charge in [-0.15, -0.1) is 0 Å². The Balaban J connectivity index is 2.38. The van der Waals surface area contributed by atoms with Gasteiger partial charge in [-0.1, -0.05) is 35.9 Å². The van der Waals surface area contributed by atoms with Gasteiger partial charge in [0.05, 0.1) is 7.11 Å². The van der Waals surface area contributed by atoms with Gasteiger partial charge in [0.15, 0.2) is 0 Å². The van der Waals surface area contributed by atoms with Crippen LogP contribution < -0.4 is 10.1 Å². The van der Waals surface area contributed by atoms with E-state index in [4.69, 9.17) is 4.74 Å². The van der Waals surface area contributed by atoms with Gasteiger partial charge < -0.3 is 10.1 Å². The summed E-state index contributed by atoms with van der Waals surface area (Å²) < 4.78 is 5.42. The molecule has 2 nitrogen and oxygen atoms in total. The van der Waals surface area contributed by atoms with Gasteiger partial charge in [-0.25, -0.2) is 0 Å². The second kappa shape index (κ2) is 5.69. The molecule has 0 aromatic heterocycles. The Morgan fingerprint density at radius 3 is 2.39 bits per heavy atom. The van der Waals surface area contributed by atoms with Gasteiger partial charge >= 0.3 is 0 Å². The van der Waals surface area contributed by atoms with E-state index in [1.807, 2.05) is 13.1 Å². The first-order chi connectivity index (χ1) is 8.74. The molecule has 2 rings (SSSR count). The summed E-state index contributed by atoms with van der Waals surface area (Å²) in [7, 11) is 3.67. The van der Waals surface area contributed by atoms with Gasteiger partial charge in [-0.05, 0) is 37.2 Å². The minimum Gasteiger partial charge on any atom is -0.496 e. The van der Waals surface area contributed by atoms with E-state index in [9.17, 15) is 0 Å². The van der Waals surface area contributed by atoms with Crippen LogP contribution >= 0.6 is 0 Å². The van der Waals surface area contributed by atoms with Crippen LogP contribution in [0.5, 0.6) is 5.75 Å². The summed E-state index contributed by atoms with van der Waals surface area (Å²) >= 11 is 0. The van der Waals surface area contributed by atoms with Gasteiger partial charge in [0.1, 0.15) is 5.75 Å². The van der Waals surface area contributed by atoms with Crippen LogP contribution in [0.1, 0.15) is 11.1 Å². The van der Waals surface area contributed by atoms with Gasteiger partial charge in [0.25, 0.3) is 0 Å². The molecule has 0 radical (unpaired) electrons. The van der Waals surface area contributed by atoms with Crippen molar-refractivity contribution >= 4 is 0 Å². The van der Waals surface area contributed by atoms with Gasteiger partial charge in [-0.3, -0.25) is 0 Å². The Hall–Kier alpha value is -1.80. The van der Waals surface area contributed by atoms with Crippen molar-refractivity contribution in [2.75, 3.05) is 14.2 Å². The molecular formula is C16H19NO. The minimum absolute atomic E-state index is 0.894. The van der Waals surface area contributed by atoms with Crippen LogP contribution in [0.4, 0.5) is 0 Å². The maximum atomic E-state index is 5.42. The molecule has 2 aromatic carbocycles. The van der Waals surface area contributed by atoms with Crippen LogP contribution in [-0.4, -0.2) is 14.2 Å². The third-order valence-corrected chi connectivity index (χ3v) is 3.00. The van der Waals surface area contributed by atoms with Crippen molar-refractivity contribution < 1.29 is 4.74 Å². The van der Waals surface area contributed by atoms with Crippen molar-refractivity contribution in [1.82, 2.24) is 5.32 Å². The molecule has 0 amide bonds. The molecule has 0 bridgehead atoms. The zero-order valence-corrected chi connectivity index (χ0v) is 11.2. The molecule has 0 aliphatic heterocycles. The second-order valence-electron chi connectivity index (χ2n) is 4.43. The highest BCUT2D eigenvalue weighted by molar-refractivity contribution is 5.71. The van der Waals surface area contributed by atoms with Crippen molar-refractivity contribution in [2.45, 2.75) is 13.5 Å². The van der Waals surface area contributed by atoms with E-state index in [2.05, 4.69) is 48.6 Å². The van der Waals surface area contributed by atoms with E-state index in [1.165, 1.54) is 16.7 Å². The molecule has 1 N–H and O–H groups in total. The number of hydrogen-bond acceptors (Lipinski definition) is 2. The van der Waals surface area contributed by atoms with Gasteiger partial charge in [0.2, 0.25) is 0 Å². The first-order valence-corrected chi connectivity index (χ1v) is 6.13. The van der Waals surface area contributed by atoms with Crippen LogP contribution in [0.25, 0.3) is 11.1 Å². The molecule has 0 atom stereocenters. The molecular weight excluding hydrogens is 222 g/mol. The predicted octanol–water partition coefficient (Wildman–Crippen LogP) is 3.39. The smallest absolute Gasteiger partial charge is 0.126 e. The first kappa shape index (κ1) is 12.7. The summed E-state index contributed by atoms with van der Waals surface area (Å²) in [6.07, 6.45) is 0. The molecule has 0 saturated carbocycles. The number of hydrogen-bond donors (Lipinski definition) is 1. The molecule has 0 aliphatic carbocycles. The Labute approximate surface area is 109 Å². The van der Waals surface area contributed by atoms with Crippen LogP contribution in [0.15, 0.2) is 42.5 Å². The number of rotatable bonds is 4. The van der Waals surface area contributed by atoms with Crippen molar-refractivity contribution in [2.24, 2.45) is 0 Å². The predicted molar refractivity (Wildman–Crippen MR) is 75.9 cm³/mol. The topological polar surface area (TPSA) is 21.3 Å². The van der Waals surface area contributed by atoms with E-state index >= 15 is 0 Å². The molecule has 0 heterocycles. The summed E-state index contributed by atoms with van der Waals surface area (Å²) in [6.45, 7) is 2.99. The number of ether oxygens (including phenoxy) is 1. The van der Waals surface area contributed by atoms with Gasteiger partial charge in [0, 0.05) is 12.1 Å². The highest BCUT2D eigenvalue weighted by atomic mass is 16.5. The number of methoxy groups -OCH3 is 1. The number of aryl methyl sites for hydroxylation is 1. The molecule has 0 spiro atoms.